The van der Waals surface area contributed by atoms with E-state index in [9.17, 15) is 0 Å². The molecule has 0 saturated heterocycles. The maximum absolute atomic E-state index is 3.51. The standard InChI is InChI=1S/C16H26N2/c1-14(2)13-17-10-5-6-11-18-12-9-15-7-3-4-8-16(15)18/h3-4,7-8,14,17H,5-6,9-13H2,1-2H3. The van der Waals surface area contributed by atoms with Gasteiger partial charge in [-0.3, -0.25) is 0 Å². The molecular weight excluding hydrogens is 220 g/mol. The highest BCUT2D eigenvalue weighted by atomic mass is 15.1. The first-order chi connectivity index (χ1) is 8.77. The van der Waals surface area contributed by atoms with Gasteiger partial charge < -0.3 is 10.2 Å². The van der Waals surface area contributed by atoms with Crippen molar-refractivity contribution < 1.29 is 0 Å². The number of unbranched alkanes of at least 4 members (excludes halogenated alkanes) is 1. The minimum absolute atomic E-state index is 0.760. The maximum atomic E-state index is 3.51. The summed E-state index contributed by atoms with van der Waals surface area (Å²) in [5.74, 6) is 0.760. The molecule has 100 valence electrons. The Morgan fingerprint density at radius 2 is 2.06 bits per heavy atom. The van der Waals surface area contributed by atoms with Gasteiger partial charge in [0.25, 0.3) is 0 Å². The van der Waals surface area contributed by atoms with Crippen LogP contribution >= 0.6 is 0 Å². The summed E-state index contributed by atoms with van der Waals surface area (Å²) >= 11 is 0. The fraction of sp³-hybridized carbons (Fsp3) is 0.625. The van der Waals surface area contributed by atoms with Crippen LogP contribution in [0.4, 0.5) is 5.69 Å². The topological polar surface area (TPSA) is 15.3 Å². The minimum Gasteiger partial charge on any atom is -0.371 e. The molecular formula is C16H26N2. The summed E-state index contributed by atoms with van der Waals surface area (Å²) in [5.41, 5.74) is 2.99. The van der Waals surface area contributed by atoms with E-state index < -0.39 is 0 Å². The summed E-state index contributed by atoms with van der Waals surface area (Å²) < 4.78 is 0. The molecule has 0 fully saturated rings. The normalized spacial score (nSPS) is 14.3. The van der Waals surface area contributed by atoms with Gasteiger partial charge in [-0.25, -0.2) is 0 Å². The van der Waals surface area contributed by atoms with Gasteiger partial charge in [0.15, 0.2) is 0 Å². The number of nitrogens with one attached hydrogen (secondary N) is 1. The Labute approximate surface area is 111 Å². The number of fused-ring (bicyclic) bond motifs is 1. The Morgan fingerprint density at radius 3 is 2.89 bits per heavy atom. The summed E-state index contributed by atoms with van der Waals surface area (Å²) in [6, 6.07) is 8.83. The average Bonchev–Trinajstić information content (AvgIpc) is 2.77. The molecule has 1 N–H and O–H groups in total. The molecule has 0 radical (unpaired) electrons. The lowest BCUT2D eigenvalue weighted by Gasteiger charge is -2.19. The second-order valence-corrected chi connectivity index (χ2v) is 5.67. The zero-order valence-corrected chi connectivity index (χ0v) is 11.8. The zero-order valence-electron chi connectivity index (χ0n) is 11.8. The summed E-state index contributed by atoms with van der Waals surface area (Å²) in [6.45, 7) is 9.24. The predicted molar refractivity (Wildman–Crippen MR) is 79.3 cm³/mol. The molecule has 2 nitrogen and oxygen atoms in total. The van der Waals surface area contributed by atoms with Gasteiger partial charge in [-0.05, 0) is 49.9 Å². The molecule has 0 aromatic heterocycles. The third kappa shape index (κ3) is 3.74. The first-order valence-electron chi connectivity index (χ1n) is 7.31. The number of hydrogen-bond acceptors (Lipinski definition) is 2. The van der Waals surface area contributed by atoms with E-state index in [1.807, 2.05) is 0 Å². The van der Waals surface area contributed by atoms with Gasteiger partial charge in [-0.1, -0.05) is 32.0 Å². The predicted octanol–water partition coefficient (Wildman–Crippen LogP) is 3.07. The molecule has 0 spiro atoms. The van der Waals surface area contributed by atoms with Gasteiger partial charge in [0.2, 0.25) is 0 Å². The molecule has 1 aromatic carbocycles. The van der Waals surface area contributed by atoms with Gasteiger partial charge in [0.1, 0.15) is 0 Å². The fourth-order valence-corrected chi connectivity index (χ4v) is 2.58. The van der Waals surface area contributed by atoms with Crippen LogP contribution in [-0.4, -0.2) is 26.2 Å². The molecule has 1 aromatic rings. The number of nitrogens with zero attached hydrogens (tertiary/aromatic N) is 1. The van der Waals surface area contributed by atoms with Gasteiger partial charge in [0.05, 0.1) is 0 Å². The number of para-hydroxylation sites is 1. The quantitative estimate of drug-likeness (QED) is 0.744. The average molecular weight is 246 g/mol. The number of rotatable bonds is 7. The lowest BCUT2D eigenvalue weighted by atomic mass is 10.2. The van der Waals surface area contributed by atoms with Gasteiger partial charge in [-0.2, -0.15) is 0 Å². The highest BCUT2D eigenvalue weighted by Gasteiger charge is 2.16. The number of hydrogen-bond donors (Lipinski definition) is 1. The molecule has 18 heavy (non-hydrogen) atoms. The fourth-order valence-electron chi connectivity index (χ4n) is 2.58. The van der Waals surface area contributed by atoms with E-state index in [1.165, 1.54) is 43.6 Å². The van der Waals surface area contributed by atoms with Crippen LogP contribution in [0.3, 0.4) is 0 Å². The van der Waals surface area contributed by atoms with Crippen molar-refractivity contribution in [1.29, 1.82) is 0 Å². The third-order valence-electron chi connectivity index (χ3n) is 3.57. The van der Waals surface area contributed by atoms with Crippen molar-refractivity contribution in [3.8, 4) is 0 Å². The van der Waals surface area contributed by atoms with Crippen LogP contribution in [-0.2, 0) is 6.42 Å². The maximum Gasteiger partial charge on any atom is 0.0399 e. The summed E-state index contributed by atoms with van der Waals surface area (Å²) in [7, 11) is 0. The first kappa shape index (κ1) is 13.4. The second kappa shape index (κ2) is 6.79. The van der Waals surface area contributed by atoms with Crippen LogP contribution in [0.1, 0.15) is 32.3 Å². The Bertz CT molecular complexity index is 360. The molecule has 2 rings (SSSR count). The first-order valence-corrected chi connectivity index (χ1v) is 7.31. The molecule has 0 aliphatic carbocycles. The Kier molecular flexibility index (Phi) is 5.06. The molecule has 0 saturated carbocycles. The van der Waals surface area contributed by atoms with E-state index >= 15 is 0 Å². The molecule has 1 heterocycles. The lowest BCUT2D eigenvalue weighted by molar-refractivity contribution is 0.535. The molecule has 0 unspecified atom stereocenters. The third-order valence-corrected chi connectivity index (χ3v) is 3.57. The van der Waals surface area contributed by atoms with Crippen LogP contribution in [0.25, 0.3) is 0 Å². The van der Waals surface area contributed by atoms with Crippen molar-refractivity contribution in [1.82, 2.24) is 5.32 Å². The largest absolute Gasteiger partial charge is 0.371 e. The van der Waals surface area contributed by atoms with Crippen molar-refractivity contribution in [3.05, 3.63) is 29.8 Å². The van der Waals surface area contributed by atoms with Gasteiger partial charge >= 0.3 is 0 Å². The smallest absolute Gasteiger partial charge is 0.0399 e. The Hall–Kier alpha value is -1.02. The number of anilines is 1. The van der Waals surface area contributed by atoms with Crippen LogP contribution in [0, 0.1) is 5.92 Å². The lowest BCUT2D eigenvalue weighted by Crippen LogP contribution is -2.24. The Balaban J connectivity index is 1.64. The number of benzene rings is 1. The monoisotopic (exact) mass is 246 g/mol. The molecule has 0 bridgehead atoms. The zero-order chi connectivity index (χ0) is 12.8. The summed E-state index contributed by atoms with van der Waals surface area (Å²) in [6.07, 6.45) is 3.80. The minimum atomic E-state index is 0.760. The van der Waals surface area contributed by atoms with Crippen molar-refractivity contribution in [2.45, 2.75) is 33.1 Å². The van der Waals surface area contributed by atoms with E-state index in [1.54, 1.807) is 0 Å². The van der Waals surface area contributed by atoms with Crippen molar-refractivity contribution >= 4 is 5.69 Å². The van der Waals surface area contributed by atoms with E-state index in [2.05, 4.69) is 48.3 Å². The highest BCUT2D eigenvalue weighted by molar-refractivity contribution is 5.57. The van der Waals surface area contributed by atoms with Crippen LogP contribution in [0.15, 0.2) is 24.3 Å². The molecule has 1 aliphatic rings. The van der Waals surface area contributed by atoms with E-state index in [4.69, 9.17) is 0 Å². The molecule has 2 heteroatoms. The van der Waals surface area contributed by atoms with Crippen molar-refractivity contribution in [2.24, 2.45) is 5.92 Å². The van der Waals surface area contributed by atoms with Gasteiger partial charge in [-0.15, -0.1) is 0 Å². The molecule has 0 amide bonds. The van der Waals surface area contributed by atoms with Crippen molar-refractivity contribution in [3.63, 3.8) is 0 Å². The van der Waals surface area contributed by atoms with Crippen LogP contribution in [0.5, 0.6) is 0 Å². The van der Waals surface area contributed by atoms with Gasteiger partial charge in [0, 0.05) is 18.8 Å². The molecule has 0 atom stereocenters. The summed E-state index contributed by atoms with van der Waals surface area (Å²) in [5, 5.41) is 3.51. The second-order valence-electron chi connectivity index (χ2n) is 5.67. The van der Waals surface area contributed by atoms with Crippen molar-refractivity contribution in [2.75, 3.05) is 31.1 Å². The SMILES string of the molecule is CC(C)CNCCCCN1CCc2ccccc21. The van der Waals surface area contributed by atoms with Crippen LogP contribution < -0.4 is 10.2 Å². The van der Waals surface area contributed by atoms with Crippen LogP contribution in [0.2, 0.25) is 0 Å². The van der Waals surface area contributed by atoms with E-state index in [0.29, 0.717) is 0 Å². The van der Waals surface area contributed by atoms with E-state index in [-0.39, 0.29) is 0 Å². The van der Waals surface area contributed by atoms with E-state index in [0.717, 1.165) is 19.0 Å². The highest BCUT2D eigenvalue weighted by Crippen LogP contribution is 2.27. The molecule has 1 aliphatic heterocycles. The Morgan fingerprint density at radius 1 is 1.22 bits per heavy atom. The summed E-state index contributed by atoms with van der Waals surface area (Å²) in [4.78, 5) is 2.54.